The second kappa shape index (κ2) is 5.95. The van der Waals surface area contributed by atoms with Crippen LogP contribution in [-0.2, 0) is 0 Å². The van der Waals surface area contributed by atoms with Crippen LogP contribution in [-0.4, -0.2) is 24.7 Å². The molecule has 0 fully saturated rings. The van der Waals surface area contributed by atoms with E-state index in [-0.39, 0.29) is 0 Å². The van der Waals surface area contributed by atoms with Gasteiger partial charge in [0, 0.05) is 12.7 Å². The molecule has 1 aromatic heterocycles. The van der Waals surface area contributed by atoms with Crippen molar-refractivity contribution in [1.82, 2.24) is 10.3 Å². The van der Waals surface area contributed by atoms with E-state index in [4.69, 9.17) is 10.00 Å². The van der Waals surface area contributed by atoms with Crippen molar-refractivity contribution in [3.63, 3.8) is 0 Å². The number of hydrogen-bond donors (Lipinski definition) is 1. The van der Waals surface area contributed by atoms with Crippen molar-refractivity contribution in [2.24, 2.45) is 0 Å². The minimum Gasteiger partial charge on any atom is -0.489 e. The van der Waals surface area contributed by atoms with Crippen LogP contribution >= 0.6 is 0 Å². The molecule has 0 aliphatic rings. The van der Waals surface area contributed by atoms with Gasteiger partial charge in [0.25, 0.3) is 0 Å². The maximum atomic E-state index is 8.75. The van der Waals surface area contributed by atoms with E-state index >= 15 is 0 Å². The normalized spacial score (nSPS) is 9.43. The average molecular weight is 191 g/mol. The summed E-state index contributed by atoms with van der Waals surface area (Å²) in [4.78, 5) is 3.90. The summed E-state index contributed by atoms with van der Waals surface area (Å²) in [6.45, 7) is 4.27. The first-order valence-corrected chi connectivity index (χ1v) is 4.56. The molecule has 0 aliphatic heterocycles. The fraction of sp³-hybridized carbons (Fsp3) is 0.400. The van der Waals surface area contributed by atoms with E-state index in [9.17, 15) is 0 Å². The summed E-state index contributed by atoms with van der Waals surface area (Å²) in [5.74, 6) is 0.549. The Labute approximate surface area is 83.5 Å². The fourth-order valence-corrected chi connectivity index (χ4v) is 0.997. The summed E-state index contributed by atoms with van der Waals surface area (Å²) in [6.07, 6.45) is 3.14. The first-order valence-electron chi connectivity index (χ1n) is 4.56. The summed E-state index contributed by atoms with van der Waals surface area (Å²) in [5.41, 5.74) is 0.525. The number of nitriles is 1. The van der Waals surface area contributed by atoms with Crippen LogP contribution in [0, 0.1) is 11.3 Å². The number of hydrogen-bond acceptors (Lipinski definition) is 4. The van der Waals surface area contributed by atoms with Gasteiger partial charge in [0.05, 0.1) is 11.8 Å². The van der Waals surface area contributed by atoms with E-state index in [0.717, 1.165) is 13.1 Å². The molecule has 0 aliphatic carbocycles. The largest absolute Gasteiger partial charge is 0.489 e. The molecule has 4 heteroatoms. The molecule has 0 bridgehead atoms. The Morgan fingerprint density at radius 1 is 1.64 bits per heavy atom. The average Bonchev–Trinajstić information content (AvgIpc) is 2.25. The van der Waals surface area contributed by atoms with Crippen LogP contribution in [0.15, 0.2) is 18.5 Å². The number of pyridine rings is 1. The van der Waals surface area contributed by atoms with E-state index in [2.05, 4.69) is 16.4 Å². The lowest BCUT2D eigenvalue weighted by Gasteiger charge is -2.06. The van der Waals surface area contributed by atoms with Gasteiger partial charge in [-0.25, -0.2) is 0 Å². The van der Waals surface area contributed by atoms with Crippen molar-refractivity contribution in [2.45, 2.75) is 6.92 Å². The lowest BCUT2D eigenvalue weighted by atomic mass is 10.3. The van der Waals surface area contributed by atoms with Crippen molar-refractivity contribution < 1.29 is 4.74 Å². The van der Waals surface area contributed by atoms with E-state index in [1.54, 1.807) is 18.5 Å². The molecule has 0 spiro atoms. The maximum absolute atomic E-state index is 8.75. The van der Waals surface area contributed by atoms with Crippen LogP contribution in [0.2, 0.25) is 0 Å². The van der Waals surface area contributed by atoms with Crippen LogP contribution in [0.25, 0.3) is 0 Å². The number of likely N-dealkylation sites (N-methyl/N-ethyl adjacent to an activating group) is 1. The predicted molar refractivity (Wildman–Crippen MR) is 53.0 cm³/mol. The predicted octanol–water partition coefficient (Wildman–Crippen LogP) is 0.942. The molecular weight excluding hydrogens is 178 g/mol. The molecule has 14 heavy (non-hydrogen) atoms. The van der Waals surface area contributed by atoms with Crippen molar-refractivity contribution in [3.8, 4) is 11.8 Å². The molecule has 1 N–H and O–H groups in total. The molecule has 0 amide bonds. The van der Waals surface area contributed by atoms with Gasteiger partial charge in [-0.2, -0.15) is 5.26 Å². The Morgan fingerprint density at radius 2 is 2.50 bits per heavy atom. The molecule has 1 heterocycles. The Bertz CT molecular complexity index is 319. The number of aromatic nitrogens is 1. The summed E-state index contributed by atoms with van der Waals surface area (Å²) >= 11 is 0. The third kappa shape index (κ3) is 3.04. The van der Waals surface area contributed by atoms with Crippen molar-refractivity contribution >= 4 is 0 Å². The van der Waals surface area contributed by atoms with Crippen molar-refractivity contribution in [1.29, 1.82) is 5.26 Å². The van der Waals surface area contributed by atoms with Gasteiger partial charge in [0.15, 0.2) is 5.75 Å². The van der Waals surface area contributed by atoms with Gasteiger partial charge in [-0.15, -0.1) is 0 Å². The standard InChI is InChI=1S/C10H13N3O/c1-2-12-5-6-14-10-8-13-4-3-9(10)7-11/h3-4,8,12H,2,5-6H2,1H3. The third-order valence-corrected chi connectivity index (χ3v) is 1.69. The van der Waals surface area contributed by atoms with Gasteiger partial charge in [-0.05, 0) is 12.6 Å². The molecule has 1 rings (SSSR count). The maximum Gasteiger partial charge on any atom is 0.155 e. The van der Waals surface area contributed by atoms with Crippen LogP contribution in [0.3, 0.4) is 0 Å². The second-order valence-electron chi connectivity index (χ2n) is 2.69. The molecule has 0 aromatic carbocycles. The first kappa shape index (κ1) is 10.5. The monoisotopic (exact) mass is 191 g/mol. The quantitative estimate of drug-likeness (QED) is 0.704. The number of ether oxygens (including phenoxy) is 1. The first-order chi connectivity index (χ1) is 6.88. The van der Waals surface area contributed by atoms with Crippen LogP contribution in [0.5, 0.6) is 5.75 Å². The van der Waals surface area contributed by atoms with E-state index in [1.165, 1.54) is 0 Å². The fourth-order valence-electron chi connectivity index (χ4n) is 0.997. The van der Waals surface area contributed by atoms with Crippen LogP contribution in [0.1, 0.15) is 12.5 Å². The topological polar surface area (TPSA) is 57.9 Å². The molecular formula is C10H13N3O. The van der Waals surface area contributed by atoms with Gasteiger partial charge < -0.3 is 10.1 Å². The van der Waals surface area contributed by atoms with E-state index in [1.807, 2.05) is 6.92 Å². The van der Waals surface area contributed by atoms with E-state index in [0.29, 0.717) is 17.9 Å². The zero-order valence-corrected chi connectivity index (χ0v) is 8.16. The highest BCUT2D eigenvalue weighted by atomic mass is 16.5. The molecule has 0 radical (unpaired) electrons. The molecule has 0 unspecified atom stereocenters. The zero-order valence-electron chi connectivity index (χ0n) is 8.16. The minimum atomic E-state index is 0.525. The Kier molecular flexibility index (Phi) is 4.45. The van der Waals surface area contributed by atoms with Crippen LogP contribution < -0.4 is 10.1 Å². The summed E-state index contributed by atoms with van der Waals surface area (Å²) in [6, 6.07) is 3.69. The van der Waals surface area contributed by atoms with Gasteiger partial charge in [-0.3, -0.25) is 4.98 Å². The highest BCUT2D eigenvalue weighted by Crippen LogP contribution is 2.14. The molecule has 0 saturated heterocycles. The van der Waals surface area contributed by atoms with Crippen molar-refractivity contribution in [2.75, 3.05) is 19.7 Å². The van der Waals surface area contributed by atoms with Gasteiger partial charge in [0.2, 0.25) is 0 Å². The van der Waals surface area contributed by atoms with Gasteiger partial charge in [0.1, 0.15) is 12.7 Å². The summed E-state index contributed by atoms with van der Waals surface area (Å²) in [7, 11) is 0. The minimum absolute atomic E-state index is 0.525. The second-order valence-corrected chi connectivity index (χ2v) is 2.69. The van der Waals surface area contributed by atoms with E-state index < -0.39 is 0 Å². The number of nitrogens with zero attached hydrogens (tertiary/aromatic N) is 2. The Morgan fingerprint density at radius 3 is 3.21 bits per heavy atom. The summed E-state index contributed by atoms with van der Waals surface area (Å²) < 4.78 is 5.38. The lowest BCUT2D eigenvalue weighted by molar-refractivity contribution is 0.313. The highest BCUT2D eigenvalue weighted by molar-refractivity contribution is 5.40. The zero-order chi connectivity index (χ0) is 10.2. The van der Waals surface area contributed by atoms with Gasteiger partial charge in [-0.1, -0.05) is 6.92 Å². The molecule has 0 saturated carbocycles. The van der Waals surface area contributed by atoms with Gasteiger partial charge >= 0.3 is 0 Å². The molecule has 74 valence electrons. The highest BCUT2D eigenvalue weighted by Gasteiger charge is 2.00. The smallest absolute Gasteiger partial charge is 0.155 e. The summed E-state index contributed by atoms with van der Waals surface area (Å²) in [5, 5.41) is 11.9. The molecule has 4 nitrogen and oxygen atoms in total. The van der Waals surface area contributed by atoms with Crippen LogP contribution in [0.4, 0.5) is 0 Å². The lowest BCUT2D eigenvalue weighted by Crippen LogP contribution is -2.20. The number of nitrogens with one attached hydrogen (secondary N) is 1. The van der Waals surface area contributed by atoms with Crippen molar-refractivity contribution in [3.05, 3.63) is 24.0 Å². The SMILES string of the molecule is CCNCCOc1cnccc1C#N. The molecule has 1 aromatic rings. The molecule has 0 atom stereocenters. The Hall–Kier alpha value is -1.60. The number of rotatable bonds is 5. The third-order valence-electron chi connectivity index (χ3n) is 1.69. The Balaban J connectivity index is 2.46.